The number of hydrogen-bond acceptors (Lipinski definition) is 7. The van der Waals surface area contributed by atoms with E-state index in [1.54, 1.807) is 26.2 Å². The van der Waals surface area contributed by atoms with Crippen LogP contribution in [0.4, 0.5) is 18.9 Å². The summed E-state index contributed by atoms with van der Waals surface area (Å²) in [6.45, 7) is 3.66. The maximum atomic E-state index is 13.8. The lowest BCUT2D eigenvalue weighted by molar-refractivity contribution is -0.140. The third-order valence-corrected chi connectivity index (χ3v) is 8.03. The number of hydrogen-bond donors (Lipinski definition) is 2. The van der Waals surface area contributed by atoms with Crippen LogP contribution >= 0.6 is 11.3 Å². The summed E-state index contributed by atoms with van der Waals surface area (Å²) in [5.74, 6) is -1.62. The molecule has 3 N–H and O–H groups in total. The highest BCUT2D eigenvalue weighted by Gasteiger charge is 2.35. The van der Waals surface area contributed by atoms with Crippen LogP contribution in [0.1, 0.15) is 37.0 Å². The molecule has 0 atom stereocenters. The van der Waals surface area contributed by atoms with Crippen molar-refractivity contribution in [3.05, 3.63) is 82.4 Å². The number of benzene rings is 1. The van der Waals surface area contributed by atoms with Gasteiger partial charge in [0.15, 0.2) is 5.65 Å². The van der Waals surface area contributed by atoms with Crippen LogP contribution in [-0.2, 0) is 13.2 Å². The Kier molecular flexibility index (Phi) is 6.30. The van der Waals surface area contributed by atoms with Crippen LogP contribution in [0.2, 0.25) is 0 Å². The Morgan fingerprint density at radius 2 is 1.76 bits per heavy atom. The van der Waals surface area contributed by atoms with Gasteiger partial charge in [-0.3, -0.25) is 14.3 Å². The first kappa shape index (κ1) is 27.1. The number of fused-ring (bicyclic) bond motifs is 2. The number of carbonyl (C=O) groups is 2. The summed E-state index contributed by atoms with van der Waals surface area (Å²) in [4.78, 5) is 34.0. The zero-order valence-electron chi connectivity index (χ0n) is 22.3. The minimum absolute atomic E-state index is 0.0546. The Morgan fingerprint density at radius 3 is 2.40 bits per heavy atom. The first-order chi connectivity index (χ1) is 19.9. The van der Waals surface area contributed by atoms with Crippen molar-refractivity contribution >= 4 is 44.7 Å². The Morgan fingerprint density at radius 1 is 1.02 bits per heavy atom. The van der Waals surface area contributed by atoms with Crippen LogP contribution in [0.15, 0.2) is 55.0 Å². The molecule has 0 radical (unpaired) electrons. The molecule has 0 bridgehead atoms. The molecule has 10 nitrogen and oxygen atoms in total. The van der Waals surface area contributed by atoms with Crippen molar-refractivity contribution < 1.29 is 22.8 Å². The molecule has 6 aromatic rings. The first-order valence-corrected chi connectivity index (χ1v) is 13.3. The minimum Gasteiger partial charge on any atom is -0.365 e. The van der Waals surface area contributed by atoms with E-state index in [9.17, 15) is 22.8 Å². The van der Waals surface area contributed by atoms with Gasteiger partial charge >= 0.3 is 6.18 Å². The van der Waals surface area contributed by atoms with Crippen molar-refractivity contribution in [3.63, 3.8) is 0 Å². The highest BCUT2D eigenvalue weighted by Crippen LogP contribution is 2.44. The second-order valence-electron chi connectivity index (χ2n) is 9.61. The molecule has 5 heterocycles. The summed E-state index contributed by atoms with van der Waals surface area (Å²) < 4.78 is 44.6. The average molecular weight is 591 g/mol. The van der Waals surface area contributed by atoms with Crippen molar-refractivity contribution in [1.82, 2.24) is 29.4 Å². The lowest BCUT2D eigenvalue weighted by Gasteiger charge is -2.12. The van der Waals surface area contributed by atoms with Gasteiger partial charge in [0, 0.05) is 35.5 Å². The van der Waals surface area contributed by atoms with E-state index in [4.69, 9.17) is 5.73 Å². The van der Waals surface area contributed by atoms with E-state index in [1.807, 2.05) is 31.2 Å². The zero-order chi connectivity index (χ0) is 29.9. The fourth-order valence-electron chi connectivity index (χ4n) is 4.69. The molecule has 0 aliphatic rings. The van der Waals surface area contributed by atoms with Gasteiger partial charge in [0.1, 0.15) is 21.0 Å². The number of aryl methyl sites for hydroxylation is 2. The summed E-state index contributed by atoms with van der Waals surface area (Å²) in [5.41, 5.74) is 8.40. The van der Waals surface area contributed by atoms with Crippen LogP contribution in [0.5, 0.6) is 0 Å². The second kappa shape index (κ2) is 9.76. The fourth-order valence-corrected chi connectivity index (χ4v) is 5.69. The van der Waals surface area contributed by atoms with Crippen molar-refractivity contribution in [2.45, 2.75) is 20.0 Å². The maximum Gasteiger partial charge on any atom is 0.433 e. The van der Waals surface area contributed by atoms with E-state index < -0.39 is 23.7 Å². The van der Waals surface area contributed by atoms with Gasteiger partial charge in [0.25, 0.3) is 11.8 Å². The van der Waals surface area contributed by atoms with Gasteiger partial charge in [-0.15, -0.1) is 11.3 Å². The number of carbonyl (C=O) groups excluding carboxylic acids is 2. The third kappa shape index (κ3) is 4.45. The Balaban J connectivity index is 1.52. The molecule has 0 fully saturated rings. The molecule has 212 valence electrons. The van der Waals surface area contributed by atoms with Crippen LogP contribution in [0.25, 0.3) is 38.2 Å². The predicted octanol–water partition coefficient (Wildman–Crippen LogP) is 5.39. The summed E-state index contributed by atoms with van der Waals surface area (Å²) in [6.07, 6.45) is -0.472. The second-order valence-corrected chi connectivity index (χ2v) is 10.6. The number of nitrogens with zero attached hydrogens (tertiary/aromatic N) is 6. The van der Waals surface area contributed by atoms with Crippen molar-refractivity contribution in [3.8, 4) is 22.4 Å². The summed E-state index contributed by atoms with van der Waals surface area (Å²) >= 11 is 0.663. The van der Waals surface area contributed by atoms with Gasteiger partial charge in [-0.05, 0) is 31.5 Å². The SMILES string of the molecule is Cc1ccc(-c2ccnc3c(C(=O)Nc4c(C(N)=O)sc5nc(C(F)(F)F)cc(-c6cnn(C)c6C)c45)cnn23)cc1. The number of primary amides is 1. The predicted molar refractivity (Wildman–Crippen MR) is 151 cm³/mol. The van der Waals surface area contributed by atoms with Crippen molar-refractivity contribution in [1.29, 1.82) is 0 Å². The molecule has 14 heteroatoms. The molecule has 0 saturated carbocycles. The molecule has 0 spiro atoms. The van der Waals surface area contributed by atoms with E-state index in [0.29, 0.717) is 28.3 Å². The fraction of sp³-hybridized carbons (Fsp3) is 0.143. The Bertz CT molecular complexity index is 2040. The Labute approximate surface area is 239 Å². The van der Waals surface area contributed by atoms with E-state index in [1.165, 1.54) is 21.6 Å². The van der Waals surface area contributed by atoms with Gasteiger partial charge in [-0.1, -0.05) is 29.8 Å². The lowest BCUT2D eigenvalue weighted by atomic mass is 10.0. The Hall–Kier alpha value is -5.11. The van der Waals surface area contributed by atoms with E-state index >= 15 is 0 Å². The number of halogens is 3. The molecular formula is C28H21F3N8O2S. The number of anilines is 1. The number of alkyl halides is 3. The number of thiophene rings is 1. The van der Waals surface area contributed by atoms with Crippen molar-refractivity contribution in [2.75, 3.05) is 5.32 Å². The molecule has 0 unspecified atom stereocenters. The highest BCUT2D eigenvalue weighted by atomic mass is 32.1. The van der Waals surface area contributed by atoms with Gasteiger partial charge < -0.3 is 11.1 Å². The molecule has 6 rings (SSSR count). The summed E-state index contributed by atoms with van der Waals surface area (Å²) in [7, 11) is 1.65. The number of pyridine rings is 1. The number of amides is 2. The number of nitrogens with two attached hydrogens (primary N) is 1. The summed E-state index contributed by atoms with van der Waals surface area (Å²) in [5, 5.41) is 11.4. The van der Waals surface area contributed by atoms with Crippen LogP contribution < -0.4 is 11.1 Å². The maximum absolute atomic E-state index is 13.8. The third-order valence-electron chi connectivity index (χ3n) is 6.93. The normalized spacial score (nSPS) is 11.9. The van der Waals surface area contributed by atoms with Crippen LogP contribution in [-0.4, -0.2) is 41.2 Å². The molecule has 0 aliphatic heterocycles. The van der Waals surface area contributed by atoms with E-state index in [2.05, 4.69) is 25.5 Å². The lowest BCUT2D eigenvalue weighted by Crippen LogP contribution is -2.17. The smallest absolute Gasteiger partial charge is 0.365 e. The highest BCUT2D eigenvalue weighted by molar-refractivity contribution is 7.21. The van der Waals surface area contributed by atoms with E-state index in [0.717, 1.165) is 17.2 Å². The van der Waals surface area contributed by atoms with Gasteiger partial charge in [-0.2, -0.15) is 23.4 Å². The molecule has 1 aromatic carbocycles. The number of aromatic nitrogens is 6. The van der Waals surface area contributed by atoms with Crippen LogP contribution in [0, 0.1) is 13.8 Å². The molecule has 42 heavy (non-hydrogen) atoms. The minimum atomic E-state index is -4.77. The molecule has 0 saturated heterocycles. The quantitative estimate of drug-likeness (QED) is 0.277. The van der Waals surface area contributed by atoms with Gasteiger partial charge in [-0.25, -0.2) is 14.5 Å². The van der Waals surface area contributed by atoms with E-state index in [-0.39, 0.29) is 37.6 Å². The first-order valence-electron chi connectivity index (χ1n) is 12.5. The number of rotatable bonds is 5. The largest absolute Gasteiger partial charge is 0.433 e. The molecule has 2 amide bonds. The standard InChI is InChI=1S/C28H21F3N8O2S/c1-13-4-6-15(7-5-13)19-8-9-33-25-18(12-35-39(19)25)26(41)37-22-21-16(17-11-34-38(3)14(17)2)10-20(28(29,30)31)36-27(21)42-23(22)24(32)40/h4-12H,1-3H3,(H2,32,40)(H,37,41). The number of nitrogens with one attached hydrogen (secondary N) is 1. The molecular weight excluding hydrogens is 569 g/mol. The topological polar surface area (TPSA) is 133 Å². The van der Waals surface area contributed by atoms with Gasteiger partial charge in [0.05, 0.1) is 23.8 Å². The monoisotopic (exact) mass is 590 g/mol. The average Bonchev–Trinajstić information content (AvgIpc) is 3.64. The summed E-state index contributed by atoms with van der Waals surface area (Å²) in [6, 6.07) is 10.4. The van der Waals surface area contributed by atoms with Crippen LogP contribution in [0.3, 0.4) is 0 Å². The van der Waals surface area contributed by atoms with Crippen molar-refractivity contribution in [2.24, 2.45) is 12.8 Å². The molecule has 0 aliphatic carbocycles. The zero-order valence-corrected chi connectivity index (χ0v) is 23.1. The van der Waals surface area contributed by atoms with Gasteiger partial charge in [0.2, 0.25) is 0 Å². The molecule has 5 aromatic heterocycles.